The van der Waals surface area contributed by atoms with E-state index < -0.39 is 37.8 Å². The normalized spacial score (nSPS) is 1.60. The SMILES string of the molecule is O.O.[O]=[Ce]=[O]. The Kier molecular flexibility index (Phi) is 69.7. The van der Waals surface area contributed by atoms with Crippen molar-refractivity contribution in [2.75, 3.05) is 0 Å². The van der Waals surface area contributed by atoms with Gasteiger partial charge in [0.1, 0.15) is 0 Å². The van der Waals surface area contributed by atoms with Crippen molar-refractivity contribution in [3.8, 4) is 0 Å². The summed E-state index contributed by atoms with van der Waals surface area (Å²) in [5.74, 6) is 0. The fourth-order valence-corrected chi connectivity index (χ4v) is 0. The molecule has 4 N–H and O–H groups in total. The van der Waals surface area contributed by atoms with E-state index in [4.69, 9.17) is 1.88 Å². The van der Waals surface area contributed by atoms with Crippen LogP contribution in [0, 0.1) is 37.8 Å². The molecule has 0 bridgehead atoms. The Morgan fingerprint density at radius 3 is 1.00 bits per heavy atom. The van der Waals surface area contributed by atoms with Crippen LogP contribution in [0.1, 0.15) is 0 Å². The third-order valence-electron chi connectivity index (χ3n) is 0. The summed E-state index contributed by atoms with van der Waals surface area (Å²) in [5.41, 5.74) is 0. The van der Waals surface area contributed by atoms with Crippen LogP contribution in [-0.4, -0.2) is 11.0 Å². The zero-order valence-corrected chi connectivity index (χ0v) is 5.46. The van der Waals surface area contributed by atoms with Gasteiger partial charge >= 0.3 is 39.7 Å². The van der Waals surface area contributed by atoms with Crippen LogP contribution >= 0.6 is 0 Å². The van der Waals surface area contributed by atoms with E-state index >= 15 is 0 Å². The van der Waals surface area contributed by atoms with Crippen LogP contribution in [0.15, 0.2) is 0 Å². The second-order valence-electron chi connectivity index (χ2n) is 0.0833. The van der Waals surface area contributed by atoms with E-state index in [-0.39, 0.29) is 11.0 Å². The van der Waals surface area contributed by atoms with E-state index in [1.54, 1.807) is 0 Å². The first-order valence-corrected chi connectivity index (χ1v) is 2.97. The van der Waals surface area contributed by atoms with Crippen molar-refractivity contribution in [1.29, 1.82) is 0 Å². The van der Waals surface area contributed by atoms with Gasteiger partial charge in [-0.3, -0.25) is 0 Å². The third kappa shape index (κ3) is 51.1. The molecule has 0 atom stereocenters. The predicted octanol–water partition coefficient (Wildman–Crippen LogP) is -1.89. The molecule has 0 spiro atoms. The summed E-state index contributed by atoms with van der Waals surface area (Å²) in [6, 6.07) is 0. The van der Waals surface area contributed by atoms with E-state index in [0.717, 1.165) is 0 Å². The van der Waals surface area contributed by atoms with Crippen LogP contribution in [0.5, 0.6) is 0 Å². The molecular formula is H4CeO4. The molecular weight excluding hydrogens is 204 g/mol. The summed E-state index contributed by atoms with van der Waals surface area (Å²) in [6.07, 6.45) is 0. The van der Waals surface area contributed by atoms with E-state index in [2.05, 4.69) is 0 Å². The van der Waals surface area contributed by atoms with Gasteiger partial charge in [0.05, 0.1) is 0 Å². The van der Waals surface area contributed by atoms with Gasteiger partial charge in [0.25, 0.3) is 0 Å². The van der Waals surface area contributed by atoms with Crippen molar-refractivity contribution in [2.24, 2.45) is 0 Å². The van der Waals surface area contributed by atoms with Gasteiger partial charge in [-0.1, -0.05) is 0 Å². The maximum atomic E-state index is 8.57. The van der Waals surface area contributed by atoms with Gasteiger partial charge in [0.2, 0.25) is 0 Å². The van der Waals surface area contributed by atoms with Crippen molar-refractivity contribution in [1.82, 2.24) is 0 Å². The Morgan fingerprint density at radius 2 is 1.00 bits per heavy atom. The molecule has 0 radical (unpaired) electrons. The van der Waals surface area contributed by atoms with Gasteiger partial charge in [-0.15, -0.1) is 0 Å². The van der Waals surface area contributed by atoms with Crippen molar-refractivity contribution in [2.45, 2.75) is 0 Å². The van der Waals surface area contributed by atoms with Gasteiger partial charge in [0, 0.05) is 0 Å². The van der Waals surface area contributed by atoms with Gasteiger partial charge < -0.3 is 11.0 Å². The molecule has 0 aliphatic heterocycles. The summed E-state index contributed by atoms with van der Waals surface area (Å²) in [4.78, 5) is 0. The second kappa shape index (κ2) is 20.7. The van der Waals surface area contributed by atoms with Crippen LogP contribution in [-0.2, 0) is 1.88 Å². The molecule has 32 valence electrons. The Bertz CT molecular complexity index is 24.6. The quantitative estimate of drug-likeness (QED) is 0.465. The molecule has 5 heavy (non-hydrogen) atoms. The summed E-state index contributed by atoms with van der Waals surface area (Å²) >= 11 is -2.42. The van der Waals surface area contributed by atoms with Gasteiger partial charge in [0.15, 0.2) is 0 Å². The molecule has 0 aromatic carbocycles. The maximum absolute atomic E-state index is 8.57. The average molecular weight is 208 g/mol. The Balaban J connectivity index is -0.0000000200. The zero-order chi connectivity index (χ0) is 2.71. The van der Waals surface area contributed by atoms with Crippen LogP contribution in [0.2, 0.25) is 0 Å². The summed E-state index contributed by atoms with van der Waals surface area (Å²) in [7, 11) is 0. The first kappa shape index (κ1) is 16.9. The Labute approximate surface area is 50.2 Å². The molecule has 0 unspecified atom stereocenters. The average Bonchev–Trinajstić information content (AvgIpc) is 0.918. The number of hydrogen-bond acceptors (Lipinski definition) is 2. The number of hydrogen-bond donors (Lipinski definition) is 0. The van der Waals surface area contributed by atoms with Crippen LogP contribution < -0.4 is 0 Å². The molecule has 0 aliphatic carbocycles. The molecule has 0 heterocycles. The third-order valence-corrected chi connectivity index (χ3v) is 0. The van der Waals surface area contributed by atoms with Crippen LogP contribution in [0.4, 0.5) is 0 Å². The van der Waals surface area contributed by atoms with E-state index in [1.807, 2.05) is 0 Å². The summed E-state index contributed by atoms with van der Waals surface area (Å²) in [6.45, 7) is 0. The fraction of sp³-hybridized carbons (Fsp3) is 0. The molecule has 5 heteroatoms. The standard InChI is InChI=1S/Ce.2H2O.2O/h;2*1H2;;. The molecule has 4 nitrogen and oxygen atoms in total. The molecule has 0 aromatic heterocycles. The van der Waals surface area contributed by atoms with Crippen molar-refractivity contribution < 1.29 is 50.6 Å². The monoisotopic (exact) mass is 208 g/mol. The minimum absolute atomic E-state index is 0. The van der Waals surface area contributed by atoms with Crippen molar-refractivity contribution in [3.05, 3.63) is 0 Å². The van der Waals surface area contributed by atoms with Gasteiger partial charge in [-0.25, -0.2) is 0 Å². The van der Waals surface area contributed by atoms with E-state index in [0.29, 0.717) is 0 Å². The van der Waals surface area contributed by atoms with Crippen LogP contribution in [0.3, 0.4) is 0 Å². The molecule has 0 fully saturated rings. The van der Waals surface area contributed by atoms with Gasteiger partial charge in [-0.2, -0.15) is 0 Å². The molecule has 0 aliphatic rings. The second-order valence-corrected chi connectivity index (χ2v) is 0.607. The molecule has 0 rings (SSSR count). The van der Waals surface area contributed by atoms with Gasteiger partial charge in [-0.05, 0) is 0 Å². The first-order valence-electron chi connectivity index (χ1n) is 0.408. The van der Waals surface area contributed by atoms with E-state index in [9.17, 15) is 0 Å². The van der Waals surface area contributed by atoms with Crippen LogP contribution in [0.25, 0.3) is 0 Å². The molecule has 0 amide bonds. The first-order chi connectivity index (χ1) is 1.41. The molecule has 0 aromatic rings. The molecule has 0 saturated heterocycles. The predicted molar refractivity (Wildman–Crippen MR) is 8.60 cm³/mol. The zero-order valence-electron chi connectivity index (χ0n) is 2.32. The Hall–Kier alpha value is 0.897. The van der Waals surface area contributed by atoms with E-state index in [1.165, 1.54) is 0 Å². The number of rotatable bonds is 0. The Morgan fingerprint density at radius 1 is 1.00 bits per heavy atom. The molecule has 0 saturated carbocycles. The van der Waals surface area contributed by atoms with Crippen molar-refractivity contribution in [3.63, 3.8) is 0 Å². The summed E-state index contributed by atoms with van der Waals surface area (Å²) in [5, 5.41) is 0. The fourth-order valence-electron chi connectivity index (χ4n) is 0. The minimum atomic E-state index is -2.42. The topological polar surface area (TPSA) is 97.1 Å². The summed E-state index contributed by atoms with van der Waals surface area (Å²) < 4.78 is 17.1. The van der Waals surface area contributed by atoms with Crippen molar-refractivity contribution >= 4 is 0 Å².